The van der Waals surface area contributed by atoms with E-state index >= 15 is 0 Å². The lowest BCUT2D eigenvalue weighted by Crippen LogP contribution is -2.24. The van der Waals surface area contributed by atoms with Crippen LogP contribution in [0, 0.1) is 5.92 Å². The second kappa shape index (κ2) is 7.25. The van der Waals surface area contributed by atoms with E-state index in [0.717, 1.165) is 29.8 Å². The number of ether oxygens (including phenoxy) is 1. The molecule has 0 amide bonds. The lowest BCUT2D eigenvalue weighted by Gasteiger charge is -2.30. The van der Waals surface area contributed by atoms with Crippen LogP contribution in [0.25, 0.3) is 5.70 Å². The summed E-state index contributed by atoms with van der Waals surface area (Å²) in [5.41, 5.74) is 6.75. The molecule has 0 spiro atoms. The van der Waals surface area contributed by atoms with Crippen LogP contribution in [-0.4, -0.2) is 18.0 Å². The quantitative estimate of drug-likeness (QED) is 0.596. The van der Waals surface area contributed by atoms with Gasteiger partial charge in [0.15, 0.2) is 0 Å². The minimum atomic E-state index is -0.220. The zero-order chi connectivity index (χ0) is 19.8. The molecule has 1 aliphatic carbocycles. The highest BCUT2D eigenvalue weighted by Gasteiger charge is 2.48. The van der Waals surface area contributed by atoms with Crippen LogP contribution in [-0.2, 0) is 22.5 Å². The van der Waals surface area contributed by atoms with Gasteiger partial charge in [-0.1, -0.05) is 84.9 Å². The fourth-order valence-electron chi connectivity index (χ4n) is 4.92. The average molecular weight is 381 g/mol. The Morgan fingerprint density at radius 2 is 1.59 bits per heavy atom. The maximum absolute atomic E-state index is 13.0. The molecule has 0 saturated heterocycles. The summed E-state index contributed by atoms with van der Waals surface area (Å²) in [5, 5.41) is 0. The van der Waals surface area contributed by atoms with Gasteiger partial charge in [0.1, 0.15) is 0 Å². The van der Waals surface area contributed by atoms with Crippen molar-refractivity contribution in [3.8, 4) is 0 Å². The summed E-state index contributed by atoms with van der Waals surface area (Å²) in [6.45, 7) is 0.751. The number of nitrogens with zero attached hydrogens (tertiary/aromatic N) is 1. The third kappa shape index (κ3) is 2.94. The predicted octanol–water partition coefficient (Wildman–Crippen LogP) is 5.00. The van der Waals surface area contributed by atoms with E-state index in [4.69, 9.17) is 4.74 Å². The molecule has 29 heavy (non-hydrogen) atoms. The van der Waals surface area contributed by atoms with Gasteiger partial charge in [-0.15, -0.1) is 0 Å². The van der Waals surface area contributed by atoms with E-state index in [0.29, 0.717) is 0 Å². The second-order valence-corrected chi connectivity index (χ2v) is 7.69. The van der Waals surface area contributed by atoms with E-state index < -0.39 is 0 Å². The van der Waals surface area contributed by atoms with Crippen molar-refractivity contribution < 1.29 is 9.53 Å². The number of hydrogen-bond donors (Lipinski definition) is 0. The third-order valence-corrected chi connectivity index (χ3v) is 6.09. The number of benzene rings is 3. The Morgan fingerprint density at radius 1 is 0.931 bits per heavy atom. The fraction of sp³-hybridized carbons (Fsp3) is 0.192. The number of carbonyl (C=O) groups is 1. The highest BCUT2D eigenvalue weighted by molar-refractivity contribution is 5.99. The standard InChI is InChI=1S/C26H23NO2/c1-29-26(28)23-22-16-20-14-8-9-15-21(20)25(22)27(17-18-10-4-2-5-11-18)24(23)19-12-6-3-7-13-19/h2-15,22,25H,16-17H2,1H3. The number of carbonyl (C=O) groups excluding carboxylic acids is 1. The van der Waals surface area contributed by atoms with E-state index in [1.165, 1.54) is 23.8 Å². The first kappa shape index (κ1) is 17.7. The van der Waals surface area contributed by atoms with Gasteiger partial charge < -0.3 is 9.64 Å². The highest BCUT2D eigenvalue weighted by atomic mass is 16.5. The molecule has 1 aliphatic heterocycles. The summed E-state index contributed by atoms with van der Waals surface area (Å²) in [6.07, 6.45) is 0.868. The molecule has 0 radical (unpaired) electrons. The zero-order valence-corrected chi connectivity index (χ0v) is 16.4. The first-order valence-corrected chi connectivity index (χ1v) is 10.0. The van der Waals surface area contributed by atoms with Crippen molar-refractivity contribution in [2.24, 2.45) is 5.92 Å². The van der Waals surface area contributed by atoms with Crippen LogP contribution in [0.4, 0.5) is 0 Å². The van der Waals surface area contributed by atoms with Gasteiger partial charge >= 0.3 is 5.97 Å². The number of methoxy groups -OCH3 is 1. The number of esters is 1. The Labute approximate surface area is 171 Å². The van der Waals surface area contributed by atoms with Crippen molar-refractivity contribution in [3.05, 3.63) is 113 Å². The Hall–Kier alpha value is -3.33. The van der Waals surface area contributed by atoms with Crippen LogP contribution >= 0.6 is 0 Å². The molecule has 3 aromatic carbocycles. The molecular weight excluding hydrogens is 358 g/mol. The van der Waals surface area contributed by atoms with Crippen molar-refractivity contribution in [1.82, 2.24) is 4.90 Å². The van der Waals surface area contributed by atoms with Crippen LogP contribution in [0.5, 0.6) is 0 Å². The summed E-state index contributed by atoms with van der Waals surface area (Å²) in [4.78, 5) is 15.4. The molecule has 0 bridgehead atoms. The molecule has 0 saturated carbocycles. The summed E-state index contributed by atoms with van der Waals surface area (Å²) < 4.78 is 5.27. The van der Waals surface area contributed by atoms with E-state index in [-0.39, 0.29) is 17.9 Å². The van der Waals surface area contributed by atoms with Crippen LogP contribution < -0.4 is 0 Å². The minimum Gasteiger partial charge on any atom is -0.466 e. The van der Waals surface area contributed by atoms with Crippen molar-refractivity contribution in [3.63, 3.8) is 0 Å². The first-order chi connectivity index (χ1) is 14.3. The summed E-state index contributed by atoms with van der Waals surface area (Å²) in [5.74, 6) is -0.110. The van der Waals surface area contributed by atoms with Crippen molar-refractivity contribution >= 4 is 11.7 Å². The molecule has 2 atom stereocenters. The van der Waals surface area contributed by atoms with E-state index in [9.17, 15) is 4.79 Å². The lowest BCUT2D eigenvalue weighted by atomic mass is 9.93. The van der Waals surface area contributed by atoms with Crippen molar-refractivity contribution in [2.75, 3.05) is 7.11 Å². The maximum atomic E-state index is 13.0. The molecule has 3 aromatic rings. The molecule has 3 heteroatoms. The first-order valence-electron chi connectivity index (χ1n) is 10.0. The van der Waals surface area contributed by atoms with Crippen LogP contribution in [0.2, 0.25) is 0 Å². The van der Waals surface area contributed by atoms with E-state index in [1.54, 1.807) is 0 Å². The van der Waals surface area contributed by atoms with Gasteiger partial charge in [0.05, 0.1) is 24.4 Å². The summed E-state index contributed by atoms with van der Waals surface area (Å²) in [6, 6.07) is 29.4. The van der Waals surface area contributed by atoms with E-state index in [1.807, 2.05) is 24.3 Å². The Morgan fingerprint density at radius 3 is 2.31 bits per heavy atom. The SMILES string of the molecule is COC(=O)C1=C(c2ccccc2)N(Cc2ccccc2)C2c3ccccc3CC12. The highest BCUT2D eigenvalue weighted by Crippen LogP contribution is 2.54. The Kier molecular flexibility index (Phi) is 4.44. The molecule has 0 aromatic heterocycles. The van der Waals surface area contributed by atoms with Gasteiger partial charge in [-0.2, -0.15) is 0 Å². The van der Waals surface area contributed by atoms with Crippen LogP contribution in [0.15, 0.2) is 90.5 Å². The van der Waals surface area contributed by atoms with Gasteiger partial charge in [0, 0.05) is 12.5 Å². The Bertz CT molecular complexity index is 1070. The molecule has 144 valence electrons. The molecule has 1 heterocycles. The molecule has 0 N–H and O–H groups in total. The Balaban J connectivity index is 1.70. The summed E-state index contributed by atoms with van der Waals surface area (Å²) >= 11 is 0. The fourth-order valence-corrected chi connectivity index (χ4v) is 4.92. The number of rotatable bonds is 4. The molecule has 2 unspecified atom stereocenters. The zero-order valence-electron chi connectivity index (χ0n) is 16.4. The monoisotopic (exact) mass is 381 g/mol. The van der Waals surface area contributed by atoms with Gasteiger partial charge in [-0.3, -0.25) is 0 Å². The molecule has 0 fully saturated rings. The summed E-state index contributed by atoms with van der Waals surface area (Å²) in [7, 11) is 1.48. The largest absolute Gasteiger partial charge is 0.466 e. The average Bonchev–Trinajstić information content (AvgIpc) is 3.29. The molecule has 2 aliphatic rings. The van der Waals surface area contributed by atoms with Crippen LogP contribution in [0.3, 0.4) is 0 Å². The molecular formula is C26H23NO2. The van der Waals surface area contributed by atoms with Gasteiger partial charge in [-0.05, 0) is 28.7 Å². The topological polar surface area (TPSA) is 29.5 Å². The van der Waals surface area contributed by atoms with Crippen molar-refractivity contribution in [2.45, 2.75) is 19.0 Å². The van der Waals surface area contributed by atoms with Gasteiger partial charge in [-0.25, -0.2) is 4.79 Å². The second-order valence-electron chi connectivity index (χ2n) is 7.69. The van der Waals surface area contributed by atoms with Crippen LogP contribution in [0.1, 0.15) is 28.3 Å². The smallest absolute Gasteiger partial charge is 0.336 e. The predicted molar refractivity (Wildman–Crippen MR) is 114 cm³/mol. The maximum Gasteiger partial charge on any atom is 0.336 e. The molecule has 3 nitrogen and oxygen atoms in total. The third-order valence-electron chi connectivity index (χ3n) is 6.09. The normalized spacial score (nSPS) is 19.8. The molecule has 5 rings (SSSR count). The van der Waals surface area contributed by atoms with Crippen molar-refractivity contribution in [1.29, 1.82) is 0 Å². The lowest BCUT2D eigenvalue weighted by molar-refractivity contribution is -0.136. The van der Waals surface area contributed by atoms with E-state index in [2.05, 4.69) is 65.6 Å². The minimum absolute atomic E-state index is 0.110. The van der Waals surface area contributed by atoms with Gasteiger partial charge in [0.25, 0.3) is 0 Å². The van der Waals surface area contributed by atoms with Gasteiger partial charge in [0.2, 0.25) is 0 Å². The number of hydrogen-bond acceptors (Lipinski definition) is 3. The number of fused-ring (bicyclic) bond motifs is 3.